The predicted molar refractivity (Wildman–Crippen MR) is 105 cm³/mol. The first kappa shape index (κ1) is 17.9. The zero-order chi connectivity index (χ0) is 18.5. The second-order valence-corrected chi connectivity index (χ2v) is 6.44. The Labute approximate surface area is 157 Å². The summed E-state index contributed by atoms with van der Waals surface area (Å²) >= 11 is 6.27. The molecule has 6 heteroatoms. The van der Waals surface area contributed by atoms with Gasteiger partial charge in [-0.05, 0) is 49.2 Å². The van der Waals surface area contributed by atoms with E-state index >= 15 is 0 Å². The zero-order valence-corrected chi connectivity index (χ0v) is 15.3. The van der Waals surface area contributed by atoms with Gasteiger partial charge < -0.3 is 10.6 Å². The van der Waals surface area contributed by atoms with Gasteiger partial charge in [-0.3, -0.25) is 14.8 Å². The number of hydrogen-bond donors (Lipinski definition) is 2. The van der Waals surface area contributed by atoms with Gasteiger partial charge in [0.25, 0.3) is 5.91 Å². The van der Waals surface area contributed by atoms with Crippen molar-refractivity contribution in [2.75, 3.05) is 10.6 Å². The van der Waals surface area contributed by atoms with Crippen molar-refractivity contribution in [1.29, 1.82) is 0 Å². The van der Waals surface area contributed by atoms with Crippen molar-refractivity contribution >= 4 is 28.9 Å². The van der Waals surface area contributed by atoms with Crippen molar-refractivity contribution in [2.24, 2.45) is 0 Å². The average molecular weight is 367 g/mol. The second-order valence-electron chi connectivity index (χ2n) is 6.03. The largest absolute Gasteiger partial charge is 0.378 e. The van der Waals surface area contributed by atoms with Crippen LogP contribution >= 0.6 is 11.6 Å². The maximum Gasteiger partial charge on any atom is 0.257 e. The van der Waals surface area contributed by atoms with E-state index in [4.69, 9.17) is 11.6 Å². The van der Waals surface area contributed by atoms with Gasteiger partial charge in [-0.1, -0.05) is 23.7 Å². The lowest BCUT2D eigenvalue weighted by atomic mass is 10.1. The molecule has 0 unspecified atom stereocenters. The Morgan fingerprint density at radius 2 is 2.00 bits per heavy atom. The predicted octanol–water partition coefficient (Wildman–Crippen LogP) is 4.61. The van der Waals surface area contributed by atoms with Crippen LogP contribution in [-0.4, -0.2) is 15.9 Å². The van der Waals surface area contributed by atoms with Crippen LogP contribution in [0.4, 0.5) is 11.4 Å². The van der Waals surface area contributed by atoms with Crippen LogP contribution in [0.2, 0.25) is 5.02 Å². The van der Waals surface area contributed by atoms with E-state index in [0.29, 0.717) is 22.8 Å². The first-order chi connectivity index (χ1) is 12.5. The van der Waals surface area contributed by atoms with Crippen LogP contribution in [0.15, 0.2) is 55.0 Å². The van der Waals surface area contributed by atoms with Crippen molar-refractivity contribution < 1.29 is 4.79 Å². The quantitative estimate of drug-likeness (QED) is 0.691. The minimum Gasteiger partial charge on any atom is -0.378 e. The van der Waals surface area contributed by atoms with E-state index in [1.807, 2.05) is 44.2 Å². The molecule has 3 rings (SSSR count). The minimum absolute atomic E-state index is 0.257. The highest BCUT2D eigenvalue weighted by Crippen LogP contribution is 2.27. The van der Waals surface area contributed by atoms with E-state index in [1.54, 1.807) is 18.5 Å². The van der Waals surface area contributed by atoms with Gasteiger partial charge in [0.05, 0.1) is 34.2 Å². The van der Waals surface area contributed by atoms with Gasteiger partial charge in [-0.2, -0.15) is 0 Å². The van der Waals surface area contributed by atoms with Crippen molar-refractivity contribution in [3.8, 4) is 0 Å². The van der Waals surface area contributed by atoms with Crippen molar-refractivity contribution in [3.63, 3.8) is 0 Å². The number of aryl methyl sites for hydroxylation is 2. The molecule has 0 saturated heterocycles. The molecule has 1 aromatic carbocycles. The van der Waals surface area contributed by atoms with E-state index < -0.39 is 0 Å². The molecule has 26 heavy (non-hydrogen) atoms. The molecule has 0 aliphatic heterocycles. The van der Waals surface area contributed by atoms with Gasteiger partial charge in [0.1, 0.15) is 0 Å². The van der Waals surface area contributed by atoms with Gasteiger partial charge in [0.2, 0.25) is 0 Å². The molecule has 2 N–H and O–H groups in total. The molecule has 132 valence electrons. The van der Waals surface area contributed by atoms with Crippen molar-refractivity contribution in [1.82, 2.24) is 9.97 Å². The van der Waals surface area contributed by atoms with Crippen LogP contribution in [0.1, 0.15) is 27.2 Å². The normalized spacial score (nSPS) is 10.4. The Bertz CT molecular complexity index is 905. The Morgan fingerprint density at radius 1 is 1.15 bits per heavy atom. The lowest BCUT2D eigenvalue weighted by Gasteiger charge is -2.12. The summed E-state index contributed by atoms with van der Waals surface area (Å²) in [7, 11) is 0. The third-order valence-electron chi connectivity index (χ3n) is 3.87. The number of pyridine rings is 2. The number of aromatic nitrogens is 2. The lowest BCUT2D eigenvalue weighted by Crippen LogP contribution is -2.14. The molecular formula is C20H19ClN4O. The number of halogens is 1. The summed E-state index contributed by atoms with van der Waals surface area (Å²) in [4.78, 5) is 21.0. The molecule has 0 fully saturated rings. The molecule has 0 saturated carbocycles. The summed E-state index contributed by atoms with van der Waals surface area (Å²) in [5, 5.41) is 6.61. The number of rotatable bonds is 5. The number of anilines is 2. The van der Waals surface area contributed by atoms with Crippen LogP contribution in [-0.2, 0) is 6.54 Å². The summed E-state index contributed by atoms with van der Waals surface area (Å²) in [6, 6.07) is 11.3. The first-order valence-corrected chi connectivity index (χ1v) is 8.57. The SMILES string of the molecule is Cc1cc(C)c(NC(=O)c2cncc(NCc3ccccn3)c2)c(Cl)c1. The molecule has 0 aliphatic carbocycles. The maximum atomic E-state index is 12.6. The molecule has 0 aliphatic rings. The second kappa shape index (κ2) is 7.97. The number of hydrogen-bond acceptors (Lipinski definition) is 4. The smallest absolute Gasteiger partial charge is 0.257 e. The van der Waals surface area contributed by atoms with E-state index in [2.05, 4.69) is 20.6 Å². The Morgan fingerprint density at radius 3 is 2.73 bits per heavy atom. The molecule has 1 amide bonds. The van der Waals surface area contributed by atoms with Gasteiger partial charge in [0, 0.05) is 18.6 Å². The summed E-state index contributed by atoms with van der Waals surface area (Å²) in [6.07, 6.45) is 4.94. The summed E-state index contributed by atoms with van der Waals surface area (Å²) < 4.78 is 0. The molecular weight excluding hydrogens is 348 g/mol. The summed E-state index contributed by atoms with van der Waals surface area (Å²) in [6.45, 7) is 4.43. The standard InChI is InChI=1S/C20H19ClN4O/c1-13-7-14(2)19(18(21)8-13)25-20(26)15-9-17(11-22-10-15)24-12-16-5-3-4-6-23-16/h3-11,24H,12H2,1-2H3,(H,25,26). The lowest BCUT2D eigenvalue weighted by molar-refractivity contribution is 0.102. The van der Waals surface area contributed by atoms with E-state index in [0.717, 1.165) is 22.5 Å². The highest BCUT2D eigenvalue weighted by atomic mass is 35.5. The molecule has 0 radical (unpaired) electrons. The summed E-state index contributed by atoms with van der Waals surface area (Å²) in [5.41, 5.74) is 4.69. The fourth-order valence-corrected chi connectivity index (χ4v) is 2.98. The first-order valence-electron chi connectivity index (χ1n) is 8.20. The Hall–Kier alpha value is -2.92. The third kappa shape index (κ3) is 4.37. The van der Waals surface area contributed by atoms with Crippen LogP contribution in [0.25, 0.3) is 0 Å². The number of carbonyl (C=O) groups excluding carboxylic acids is 1. The molecule has 0 bridgehead atoms. The highest BCUT2D eigenvalue weighted by Gasteiger charge is 2.12. The number of amides is 1. The molecule has 3 aromatic rings. The van der Waals surface area contributed by atoms with E-state index in [9.17, 15) is 4.79 Å². The van der Waals surface area contributed by atoms with Gasteiger partial charge in [-0.25, -0.2) is 0 Å². The number of carbonyl (C=O) groups is 1. The fraction of sp³-hybridized carbons (Fsp3) is 0.150. The molecule has 5 nitrogen and oxygen atoms in total. The van der Waals surface area contributed by atoms with Crippen molar-refractivity contribution in [2.45, 2.75) is 20.4 Å². The molecule has 2 aromatic heterocycles. The maximum absolute atomic E-state index is 12.6. The van der Waals surface area contributed by atoms with E-state index in [-0.39, 0.29) is 5.91 Å². The average Bonchev–Trinajstić information content (AvgIpc) is 2.64. The van der Waals surface area contributed by atoms with Crippen molar-refractivity contribution in [3.05, 3.63) is 82.4 Å². The van der Waals surface area contributed by atoms with Crippen LogP contribution in [0, 0.1) is 13.8 Å². The highest BCUT2D eigenvalue weighted by molar-refractivity contribution is 6.34. The number of benzene rings is 1. The molecule has 0 atom stereocenters. The minimum atomic E-state index is -0.257. The third-order valence-corrected chi connectivity index (χ3v) is 4.17. The molecule has 0 spiro atoms. The van der Waals surface area contributed by atoms with E-state index in [1.165, 1.54) is 6.20 Å². The summed E-state index contributed by atoms with van der Waals surface area (Å²) in [5.74, 6) is -0.257. The van der Waals surface area contributed by atoms with Gasteiger partial charge in [0.15, 0.2) is 0 Å². The Kier molecular flexibility index (Phi) is 5.49. The van der Waals surface area contributed by atoms with Gasteiger partial charge >= 0.3 is 0 Å². The van der Waals surface area contributed by atoms with Gasteiger partial charge in [-0.15, -0.1) is 0 Å². The number of nitrogens with one attached hydrogen (secondary N) is 2. The monoisotopic (exact) mass is 366 g/mol. The van der Waals surface area contributed by atoms with Crippen LogP contribution in [0.5, 0.6) is 0 Å². The van der Waals surface area contributed by atoms with Crippen LogP contribution in [0.3, 0.4) is 0 Å². The molecule has 2 heterocycles. The number of nitrogens with zero attached hydrogens (tertiary/aromatic N) is 2. The topological polar surface area (TPSA) is 66.9 Å². The zero-order valence-electron chi connectivity index (χ0n) is 14.6. The Balaban J connectivity index is 1.72. The fourth-order valence-electron chi connectivity index (χ4n) is 2.62. The van der Waals surface area contributed by atoms with Crippen LogP contribution < -0.4 is 10.6 Å².